The highest BCUT2D eigenvalue weighted by Gasteiger charge is 2.26. The van der Waals surface area contributed by atoms with Gasteiger partial charge in [0.1, 0.15) is 0 Å². The van der Waals surface area contributed by atoms with Gasteiger partial charge in [-0.05, 0) is 32.0 Å². The van der Waals surface area contributed by atoms with E-state index in [4.69, 9.17) is 5.73 Å². The average molecular weight is 349 g/mol. The molecular weight excluding hydrogens is 333 g/mol. The van der Waals surface area contributed by atoms with E-state index in [0.717, 1.165) is 12.1 Å². The van der Waals surface area contributed by atoms with Crippen LogP contribution in [0.5, 0.6) is 5.75 Å². The van der Waals surface area contributed by atoms with Crippen molar-refractivity contribution in [3.63, 3.8) is 0 Å². The van der Waals surface area contributed by atoms with Crippen molar-refractivity contribution in [1.82, 2.24) is 4.72 Å². The molecule has 122 valence electrons. The highest BCUT2D eigenvalue weighted by atomic mass is 35.5. The number of hydrogen-bond donors (Lipinski definition) is 2. The third-order valence-corrected chi connectivity index (χ3v) is 4.05. The second-order valence-electron chi connectivity index (χ2n) is 4.66. The van der Waals surface area contributed by atoms with Gasteiger partial charge in [-0.3, -0.25) is 0 Å². The van der Waals surface area contributed by atoms with Crippen LogP contribution in [0, 0.1) is 5.82 Å². The molecule has 5 nitrogen and oxygen atoms in total. The first kappa shape index (κ1) is 20.0. The third-order valence-electron chi connectivity index (χ3n) is 2.35. The van der Waals surface area contributed by atoms with Crippen molar-refractivity contribution in [2.75, 3.05) is 6.54 Å². The molecule has 1 aromatic carbocycles. The van der Waals surface area contributed by atoms with Gasteiger partial charge in [0.15, 0.2) is 11.6 Å². The second-order valence-corrected chi connectivity index (χ2v) is 6.35. The minimum Gasteiger partial charge on any atom is -0.432 e. The van der Waals surface area contributed by atoms with Gasteiger partial charge in [-0.2, -0.15) is 8.78 Å². The van der Waals surface area contributed by atoms with E-state index in [2.05, 4.69) is 9.46 Å². The molecule has 0 unspecified atom stereocenters. The van der Waals surface area contributed by atoms with Crippen molar-refractivity contribution in [2.45, 2.75) is 30.9 Å². The van der Waals surface area contributed by atoms with Gasteiger partial charge in [0.05, 0.1) is 4.90 Å². The molecule has 0 fully saturated rings. The fourth-order valence-corrected chi connectivity index (χ4v) is 2.74. The molecule has 0 saturated heterocycles. The van der Waals surface area contributed by atoms with Crippen molar-refractivity contribution in [3.05, 3.63) is 24.0 Å². The van der Waals surface area contributed by atoms with Crippen molar-refractivity contribution >= 4 is 22.4 Å². The Morgan fingerprint density at radius 1 is 1.38 bits per heavy atom. The van der Waals surface area contributed by atoms with Crippen LogP contribution in [0.4, 0.5) is 13.2 Å². The van der Waals surface area contributed by atoms with E-state index in [1.807, 2.05) is 0 Å². The van der Waals surface area contributed by atoms with Gasteiger partial charge < -0.3 is 10.5 Å². The summed E-state index contributed by atoms with van der Waals surface area (Å²) in [5.41, 5.74) is 4.47. The number of benzene rings is 1. The zero-order chi connectivity index (χ0) is 15.6. The summed E-state index contributed by atoms with van der Waals surface area (Å²) >= 11 is 0. The summed E-state index contributed by atoms with van der Waals surface area (Å²) in [4.78, 5) is -0.404. The van der Waals surface area contributed by atoms with Gasteiger partial charge in [-0.1, -0.05) is 0 Å². The lowest BCUT2D eigenvalue weighted by Gasteiger charge is -2.23. The Kier molecular flexibility index (Phi) is 6.94. The Labute approximate surface area is 127 Å². The summed E-state index contributed by atoms with van der Waals surface area (Å²) < 4.78 is 67.5. The molecule has 10 heteroatoms. The van der Waals surface area contributed by atoms with E-state index in [-0.39, 0.29) is 19.0 Å². The molecule has 0 spiro atoms. The quantitative estimate of drug-likeness (QED) is 0.822. The van der Waals surface area contributed by atoms with E-state index in [9.17, 15) is 21.6 Å². The molecule has 0 atom stereocenters. The number of ether oxygens (including phenoxy) is 1. The van der Waals surface area contributed by atoms with Crippen molar-refractivity contribution in [1.29, 1.82) is 0 Å². The largest absolute Gasteiger partial charge is 0.432 e. The van der Waals surface area contributed by atoms with E-state index in [0.29, 0.717) is 6.07 Å². The summed E-state index contributed by atoms with van der Waals surface area (Å²) in [5, 5.41) is 0. The SMILES string of the molecule is CC(C)(CN)NS(=O)(=O)c1ccc(OC(F)F)c(F)c1.Cl. The Balaban J connectivity index is 0.00000400. The summed E-state index contributed by atoms with van der Waals surface area (Å²) in [6, 6.07) is 2.40. The minimum atomic E-state index is -4.01. The molecule has 0 aromatic heterocycles. The fraction of sp³-hybridized carbons (Fsp3) is 0.455. The maximum Gasteiger partial charge on any atom is 0.387 e. The van der Waals surface area contributed by atoms with Gasteiger partial charge in [0.2, 0.25) is 10.0 Å². The number of halogens is 4. The average Bonchev–Trinajstić information content (AvgIpc) is 2.30. The van der Waals surface area contributed by atoms with E-state index < -0.39 is 38.6 Å². The van der Waals surface area contributed by atoms with E-state index in [1.54, 1.807) is 13.8 Å². The standard InChI is InChI=1S/C11H15F3N2O3S.ClH/c1-11(2,6-15)16-20(17,18)7-3-4-9(8(12)5-7)19-10(13)14;/h3-5,10,16H,6,15H2,1-2H3;1H. The van der Waals surface area contributed by atoms with Gasteiger partial charge >= 0.3 is 6.61 Å². The lowest BCUT2D eigenvalue weighted by atomic mass is 10.1. The van der Waals surface area contributed by atoms with Crippen LogP contribution >= 0.6 is 12.4 Å². The van der Waals surface area contributed by atoms with Gasteiger partial charge in [0.25, 0.3) is 0 Å². The third kappa shape index (κ3) is 5.70. The summed E-state index contributed by atoms with van der Waals surface area (Å²) in [7, 11) is -4.01. The molecule has 0 saturated carbocycles. The van der Waals surface area contributed by atoms with Crippen LogP contribution in [0.25, 0.3) is 0 Å². The number of rotatable bonds is 6. The second kappa shape index (κ2) is 7.30. The number of nitrogens with one attached hydrogen (secondary N) is 1. The smallest absolute Gasteiger partial charge is 0.387 e. The van der Waals surface area contributed by atoms with Crippen LogP contribution in [0.3, 0.4) is 0 Å². The van der Waals surface area contributed by atoms with E-state index in [1.165, 1.54) is 0 Å². The maximum absolute atomic E-state index is 13.5. The first-order valence-corrected chi connectivity index (χ1v) is 7.04. The molecule has 1 rings (SSSR count). The molecule has 21 heavy (non-hydrogen) atoms. The van der Waals surface area contributed by atoms with Crippen LogP contribution in [0.1, 0.15) is 13.8 Å². The first-order valence-electron chi connectivity index (χ1n) is 5.56. The fourth-order valence-electron chi connectivity index (χ4n) is 1.30. The molecule has 3 N–H and O–H groups in total. The van der Waals surface area contributed by atoms with Crippen LogP contribution in [0.2, 0.25) is 0 Å². The predicted octanol–water partition coefficient (Wildman–Crippen LogP) is 1.86. The normalized spacial score (nSPS) is 12.1. The molecule has 0 aliphatic carbocycles. The number of nitrogens with two attached hydrogens (primary N) is 1. The highest BCUT2D eigenvalue weighted by Crippen LogP contribution is 2.23. The number of hydrogen-bond acceptors (Lipinski definition) is 4. The van der Waals surface area contributed by atoms with Crippen molar-refractivity contribution in [3.8, 4) is 5.75 Å². The number of alkyl halides is 2. The Morgan fingerprint density at radius 3 is 2.38 bits per heavy atom. The molecule has 0 amide bonds. The molecular formula is C11H16ClF3N2O3S. The van der Waals surface area contributed by atoms with Crippen LogP contribution < -0.4 is 15.2 Å². The zero-order valence-electron chi connectivity index (χ0n) is 11.3. The van der Waals surface area contributed by atoms with Gasteiger partial charge in [-0.25, -0.2) is 17.5 Å². The van der Waals surface area contributed by atoms with Crippen molar-refractivity contribution in [2.24, 2.45) is 5.73 Å². The molecule has 0 radical (unpaired) electrons. The summed E-state index contributed by atoms with van der Waals surface area (Å²) in [5.74, 6) is -1.92. The monoisotopic (exact) mass is 348 g/mol. The molecule has 0 aliphatic heterocycles. The molecule has 0 bridgehead atoms. The molecule has 0 heterocycles. The summed E-state index contributed by atoms with van der Waals surface area (Å²) in [6.07, 6.45) is 0. The van der Waals surface area contributed by atoms with Crippen LogP contribution in [0.15, 0.2) is 23.1 Å². The zero-order valence-corrected chi connectivity index (χ0v) is 12.9. The summed E-state index contributed by atoms with van der Waals surface area (Å²) in [6.45, 7) is -0.0627. The maximum atomic E-state index is 13.5. The van der Waals surface area contributed by atoms with Crippen LogP contribution in [-0.4, -0.2) is 27.1 Å². The van der Waals surface area contributed by atoms with Crippen molar-refractivity contribution < 1.29 is 26.3 Å². The van der Waals surface area contributed by atoms with Crippen LogP contribution in [-0.2, 0) is 10.0 Å². The first-order chi connectivity index (χ1) is 9.07. The van der Waals surface area contributed by atoms with Gasteiger partial charge in [-0.15, -0.1) is 12.4 Å². The van der Waals surface area contributed by atoms with Gasteiger partial charge in [0, 0.05) is 12.1 Å². The topological polar surface area (TPSA) is 81.4 Å². The Hall–Kier alpha value is -1.03. The molecule has 0 aliphatic rings. The minimum absolute atomic E-state index is 0. The Morgan fingerprint density at radius 2 is 1.95 bits per heavy atom. The highest BCUT2D eigenvalue weighted by molar-refractivity contribution is 7.89. The Bertz CT molecular complexity index is 582. The lowest BCUT2D eigenvalue weighted by Crippen LogP contribution is -2.48. The lowest BCUT2D eigenvalue weighted by molar-refractivity contribution is -0.0522. The molecule has 1 aromatic rings. The number of sulfonamides is 1. The van der Waals surface area contributed by atoms with E-state index >= 15 is 0 Å². The predicted molar refractivity (Wildman–Crippen MR) is 73.7 cm³/mol.